The van der Waals surface area contributed by atoms with Crippen molar-refractivity contribution in [2.24, 2.45) is 0 Å². The maximum Gasteiger partial charge on any atom is 0.261 e. The second-order valence-corrected chi connectivity index (χ2v) is 11.0. The van der Waals surface area contributed by atoms with Crippen LogP contribution < -0.4 is 19.5 Å². The second-order valence-electron chi connectivity index (χ2n) is 10.0. The average Bonchev–Trinajstić information content (AvgIpc) is 2.98. The van der Waals surface area contributed by atoms with Gasteiger partial charge < -0.3 is 24.4 Å². The molecule has 0 aliphatic heterocycles. The lowest BCUT2D eigenvalue weighted by Crippen LogP contribution is -2.53. The summed E-state index contributed by atoms with van der Waals surface area (Å²) in [6.45, 7) is 0.0188. The standard InChI is InChI=1S/C32H37BrN2O5/c1-38-27-18-28(39-2)20-29(19-27)40-22-31(36)35(21-24-12-9-13-25(33)16-24)30(17-23-10-5-3-6-11-23)32(37)34-26-14-7-4-8-15-26/h3,5-6,9-13,16,18-20,26,30H,4,7-8,14-15,17,21-22H2,1-2H3,(H,34,37). The van der Waals surface area contributed by atoms with Gasteiger partial charge in [0.2, 0.25) is 5.91 Å². The minimum atomic E-state index is -0.709. The zero-order valence-corrected chi connectivity index (χ0v) is 24.7. The van der Waals surface area contributed by atoms with E-state index in [0.717, 1.165) is 41.3 Å². The van der Waals surface area contributed by atoms with Crippen LogP contribution in [0.1, 0.15) is 43.2 Å². The van der Waals surface area contributed by atoms with Crippen molar-refractivity contribution in [1.29, 1.82) is 0 Å². The number of carbonyl (C=O) groups is 2. The van der Waals surface area contributed by atoms with Crippen LogP contribution >= 0.6 is 15.9 Å². The molecule has 0 bridgehead atoms. The Labute approximate surface area is 244 Å². The number of hydrogen-bond donors (Lipinski definition) is 1. The molecule has 1 fully saturated rings. The Morgan fingerprint density at radius 3 is 2.17 bits per heavy atom. The predicted octanol–water partition coefficient (Wildman–Crippen LogP) is 5.93. The van der Waals surface area contributed by atoms with Crippen LogP contribution in [-0.2, 0) is 22.6 Å². The summed E-state index contributed by atoms with van der Waals surface area (Å²) in [5, 5.41) is 3.26. The molecule has 1 aliphatic rings. The first-order chi connectivity index (χ1) is 19.4. The summed E-state index contributed by atoms with van der Waals surface area (Å²) in [6.07, 6.45) is 5.72. The molecule has 0 heterocycles. The van der Waals surface area contributed by atoms with Gasteiger partial charge in [0, 0.05) is 41.7 Å². The lowest BCUT2D eigenvalue weighted by atomic mass is 9.94. The molecule has 1 aliphatic carbocycles. The molecular weight excluding hydrogens is 572 g/mol. The third kappa shape index (κ3) is 8.49. The van der Waals surface area contributed by atoms with Crippen molar-refractivity contribution < 1.29 is 23.8 Å². The minimum absolute atomic E-state index is 0.128. The number of rotatable bonds is 12. The number of hydrogen-bond acceptors (Lipinski definition) is 5. The van der Waals surface area contributed by atoms with E-state index in [1.54, 1.807) is 37.3 Å². The molecule has 1 unspecified atom stereocenters. The number of benzene rings is 3. The molecule has 0 spiro atoms. The van der Waals surface area contributed by atoms with Crippen molar-refractivity contribution in [3.05, 3.63) is 88.4 Å². The number of carbonyl (C=O) groups excluding carboxylic acids is 2. The van der Waals surface area contributed by atoms with Crippen molar-refractivity contribution in [3.8, 4) is 17.2 Å². The summed E-state index contributed by atoms with van der Waals surface area (Å²) in [7, 11) is 3.12. The van der Waals surface area contributed by atoms with Gasteiger partial charge in [0.15, 0.2) is 6.61 Å². The van der Waals surface area contributed by atoms with Crippen molar-refractivity contribution >= 4 is 27.7 Å². The lowest BCUT2D eigenvalue weighted by molar-refractivity contribution is -0.143. The second kappa shape index (κ2) is 14.7. The highest BCUT2D eigenvalue weighted by Crippen LogP contribution is 2.28. The highest BCUT2D eigenvalue weighted by atomic mass is 79.9. The van der Waals surface area contributed by atoms with Crippen LogP contribution in [0.5, 0.6) is 17.2 Å². The Kier molecular flexibility index (Phi) is 10.9. The van der Waals surface area contributed by atoms with E-state index in [9.17, 15) is 9.59 Å². The molecule has 1 N–H and O–H groups in total. The SMILES string of the molecule is COc1cc(OC)cc(OCC(=O)N(Cc2cccc(Br)c2)C(Cc2ccccc2)C(=O)NC2CCCCC2)c1. The summed E-state index contributed by atoms with van der Waals surface area (Å²) in [5.41, 5.74) is 1.89. The number of nitrogens with zero attached hydrogens (tertiary/aromatic N) is 1. The van der Waals surface area contributed by atoms with Gasteiger partial charge in [0.05, 0.1) is 14.2 Å². The number of nitrogens with one attached hydrogen (secondary N) is 1. The molecular formula is C32H37BrN2O5. The summed E-state index contributed by atoms with van der Waals surface area (Å²) in [6, 6.07) is 22.2. The third-order valence-corrected chi connectivity index (χ3v) is 7.65. The maximum absolute atomic E-state index is 13.9. The van der Waals surface area contributed by atoms with E-state index >= 15 is 0 Å². The summed E-state index contributed by atoms with van der Waals surface area (Å²) in [4.78, 5) is 29.4. The Hall–Kier alpha value is -3.52. The summed E-state index contributed by atoms with van der Waals surface area (Å²) in [5.74, 6) is 1.13. The zero-order chi connectivity index (χ0) is 28.3. The largest absolute Gasteiger partial charge is 0.496 e. The Balaban J connectivity index is 1.62. The molecule has 212 valence electrons. The molecule has 3 aromatic carbocycles. The molecule has 0 radical (unpaired) electrons. The molecule has 7 nitrogen and oxygen atoms in total. The smallest absolute Gasteiger partial charge is 0.261 e. The number of amides is 2. The van der Waals surface area contributed by atoms with Gasteiger partial charge in [-0.25, -0.2) is 0 Å². The van der Waals surface area contributed by atoms with Gasteiger partial charge in [-0.1, -0.05) is 77.7 Å². The van der Waals surface area contributed by atoms with E-state index in [0.29, 0.717) is 23.7 Å². The summed E-state index contributed by atoms with van der Waals surface area (Å²) >= 11 is 3.53. The van der Waals surface area contributed by atoms with E-state index in [2.05, 4.69) is 21.2 Å². The van der Waals surface area contributed by atoms with Crippen LogP contribution in [0.25, 0.3) is 0 Å². The molecule has 3 aromatic rings. The number of halogens is 1. The Morgan fingerprint density at radius 2 is 1.52 bits per heavy atom. The van der Waals surface area contributed by atoms with Crippen molar-refractivity contribution in [2.45, 2.75) is 57.2 Å². The molecule has 1 atom stereocenters. The zero-order valence-electron chi connectivity index (χ0n) is 23.1. The molecule has 4 rings (SSSR count). The third-order valence-electron chi connectivity index (χ3n) is 7.15. The fourth-order valence-electron chi connectivity index (χ4n) is 5.02. The van der Waals surface area contributed by atoms with E-state index in [1.807, 2.05) is 54.6 Å². The van der Waals surface area contributed by atoms with E-state index in [1.165, 1.54) is 6.42 Å². The summed E-state index contributed by atoms with van der Waals surface area (Å²) < 4.78 is 17.5. The normalized spacial score (nSPS) is 14.2. The van der Waals surface area contributed by atoms with Gasteiger partial charge in [-0.2, -0.15) is 0 Å². The van der Waals surface area contributed by atoms with Gasteiger partial charge >= 0.3 is 0 Å². The fourth-order valence-corrected chi connectivity index (χ4v) is 5.47. The fraction of sp³-hybridized carbons (Fsp3) is 0.375. The number of methoxy groups -OCH3 is 2. The van der Waals surface area contributed by atoms with Crippen LogP contribution in [0.15, 0.2) is 77.3 Å². The van der Waals surface area contributed by atoms with Crippen molar-refractivity contribution in [2.75, 3.05) is 20.8 Å². The van der Waals surface area contributed by atoms with Crippen LogP contribution in [0.3, 0.4) is 0 Å². The molecule has 40 heavy (non-hydrogen) atoms. The van der Waals surface area contributed by atoms with E-state index in [-0.39, 0.29) is 31.0 Å². The van der Waals surface area contributed by atoms with Gasteiger partial charge in [0.25, 0.3) is 5.91 Å². The molecule has 0 saturated heterocycles. The molecule has 0 aromatic heterocycles. The van der Waals surface area contributed by atoms with Crippen molar-refractivity contribution in [3.63, 3.8) is 0 Å². The topological polar surface area (TPSA) is 77.1 Å². The van der Waals surface area contributed by atoms with Crippen LogP contribution in [0, 0.1) is 0 Å². The average molecular weight is 610 g/mol. The lowest BCUT2D eigenvalue weighted by Gasteiger charge is -2.33. The van der Waals surface area contributed by atoms with Gasteiger partial charge in [-0.15, -0.1) is 0 Å². The number of ether oxygens (including phenoxy) is 3. The first-order valence-electron chi connectivity index (χ1n) is 13.7. The first kappa shape index (κ1) is 29.5. The van der Waals surface area contributed by atoms with Gasteiger partial charge in [-0.05, 0) is 36.1 Å². The Bertz CT molecular complexity index is 1240. The highest BCUT2D eigenvalue weighted by molar-refractivity contribution is 9.10. The highest BCUT2D eigenvalue weighted by Gasteiger charge is 2.32. The molecule has 8 heteroatoms. The quantitative estimate of drug-likeness (QED) is 0.275. The molecule has 1 saturated carbocycles. The first-order valence-corrected chi connectivity index (χ1v) is 14.5. The van der Waals surface area contributed by atoms with Crippen LogP contribution in [0.4, 0.5) is 0 Å². The monoisotopic (exact) mass is 608 g/mol. The van der Waals surface area contributed by atoms with Gasteiger partial charge in [-0.3, -0.25) is 9.59 Å². The molecule has 2 amide bonds. The van der Waals surface area contributed by atoms with E-state index in [4.69, 9.17) is 14.2 Å². The van der Waals surface area contributed by atoms with Crippen LogP contribution in [-0.4, -0.2) is 49.6 Å². The maximum atomic E-state index is 13.9. The predicted molar refractivity (Wildman–Crippen MR) is 159 cm³/mol. The van der Waals surface area contributed by atoms with Gasteiger partial charge in [0.1, 0.15) is 23.3 Å². The van der Waals surface area contributed by atoms with Crippen LogP contribution in [0.2, 0.25) is 0 Å². The van der Waals surface area contributed by atoms with E-state index < -0.39 is 6.04 Å². The van der Waals surface area contributed by atoms with Crippen molar-refractivity contribution in [1.82, 2.24) is 10.2 Å². The minimum Gasteiger partial charge on any atom is -0.496 e. The Morgan fingerprint density at radius 1 is 0.875 bits per heavy atom.